The number of anilines is 1. The summed E-state index contributed by atoms with van der Waals surface area (Å²) in [6, 6.07) is 9.29. The van der Waals surface area contributed by atoms with Gasteiger partial charge in [-0.25, -0.2) is 4.39 Å². The number of hydrogen-bond donors (Lipinski definition) is 0. The van der Waals surface area contributed by atoms with Crippen molar-refractivity contribution in [3.8, 4) is 6.07 Å². The van der Waals surface area contributed by atoms with E-state index in [1.165, 1.54) is 12.1 Å². The number of halogens is 1. The zero-order chi connectivity index (χ0) is 13.1. The van der Waals surface area contributed by atoms with Crippen molar-refractivity contribution < 1.29 is 4.39 Å². The lowest BCUT2D eigenvalue weighted by atomic mass is 10.0. The summed E-state index contributed by atoms with van der Waals surface area (Å²) < 4.78 is 13.0. The second kappa shape index (κ2) is 5.36. The molecule has 1 aliphatic rings. The molecule has 1 aromatic rings. The van der Waals surface area contributed by atoms with E-state index in [1.807, 2.05) is 0 Å². The van der Waals surface area contributed by atoms with Crippen LogP contribution in [-0.4, -0.2) is 37.1 Å². The van der Waals surface area contributed by atoms with Gasteiger partial charge in [0.2, 0.25) is 0 Å². The SMILES string of the molecule is CC1CN(C)CC(CC#N)N1c1ccc(F)cc1. The van der Waals surface area contributed by atoms with Crippen LogP contribution in [0.4, 0.5) is 10.1 Å². The molecule has 1 aromatic carbocycles. The van der Waals surface area contributed by atoms with E-state index in [9.17, 15) is 4.39 Å². The van der Waals surface area contributed by atoms with Crippen molar-refractivity contribution in [2.45, 2.75) is 25.4 Å². The Morgan fingerprint density at radius 3 is 2.61 bits per heavy atom. The van der Waals surface area contributed by atoms with Crippen LogP contribution in [-0.2, 0) is 0 Å². The molecule has 0 aromatic heterocycles. The van der Waals surface area contributed by atoms with Gasteiger partial charge >= 0.3 is 0 Å². The van der Waals surface area contributed by atoms with Gasteiger partial charge in [-0.3, -0.25) is 0 Å². The predicted molar refractivity (Wildman–Crippen MR) is 69.9 cm³/mol. The number of nitriles is 1. The van der Waals surface area contributed by atoms with Crippen LogP contribution in [0.1, 0.15) is 13.3 Å². The summed E-state index contributed by atoms with van der Waals surface area (Å²) in [5.74, 6) is -0.225. The van der Waals surface area contributed by atoms with E-state index in [0.29, 0.717) is 12.5 Å². The maximum absolute atomic E-state index is 13.0. The van der Waals surface area contributed by atoms with Crippen LogP contribution in [0.25, 0.3) is 0 Å². The van der Waals surface area contributed by atoms with Crippen LogP contribution in [0.5, 0.6) is 0 Å². The second-order valence-corrected chi connectivity index (χ2v) is 4.97. The minimum Gasteiger partial charge on any atom is -0.362 e. The predicted octanol–water partition coefficient (Wildman–Crippen LogP) is 2.25. The molecule has 0 bridgehead atoms. The Morgan fingerprint density at radius 1 is 1.33 bits per heavy atom. The highest BCUT2D eigenvalue weighted by Gasteiger charge is 2.30. The molecule has 0 amide bonds. The molecule has 1 heterocycles. The number of nitrogens with zero attached hydrogens (tertiary/aromatic N) is 3. The molecule has 1 saturated heterocycles. The van der Waals surface area contributed by atoms with Gasteiger partial charge < -0.3 is 9.80 Å². The van der Waals surface area contributed by atoms with Crippen molar-refractivity contribution in [1.82, 2.24) is 4.90 Å². The fraction of sp³-hybridized carbons (Fsp3) is 0.500. The Kier molecular flexibility index (Phi) is 3.83. The van der Waals surface area contributed by atoms with Gasteiger partial charge in [0.25, 0.3) is 0 Å². The summed E-state index contributed by atoms with van der Waals surface area (Å²) in [6.45, 7) is 3.97. The van der Waals surface area contributed by atoms with Gasteiger partial charge in [-0.05, 0) is 38.2 Å². The van der Waals surface area contributed by atoms with Crippen molar-refractivity contribution in [2.75, 3.05) is 25.0 Å². The zero-order valence-corrected chi connectivity index (χ0v) is 10.8. The molecule has 0 saturated carbocycles. The quantitative estimate of drug-likeness (QED) is 0.803. The van der Waals surface area contributed by atoms with E-state index in [4.69, 9.17) is 5.26 Å². The molecule has 2 unspecified atom stereocenters. The smallest absolute Gasteiger partial charge is 0.123 e. The Morgan fingerprint density at radius 2 is 2.00 bits per heavy atom. The average Bonchev–Trinajstić information content (AvgIpc) is 2.31. The lowest BCUT2D eigenvalue weighted by molar-refractivity contribution is 0.233. The number of piperazine rings is 1. The lowest BCUT2D eigenvalue weighted by Crippen LogP contribution is -2.56. The largest absolute Gasteiger partial charge is 0.362 e. The van der Waals surface area contributed by atoms with E-state index < -0.39 is 0 Å². The van der Waals surface area contributed by atoms with Crippen LogP contribution < -0.4 is 4.90 Å². The number of benzene rings is 1. The molecule has 0 spiro atoms. The first-order valence-corrected chi connectivity index (χ1v) is 6.21. The lowest BCUT2D eigenvalue weighted by Gasteiger charge is -2.45. The highest BCUT2D eigenvalue weighted by atomic mass is 19.1. The Bertz CT molecular complexity index is 437. The van der Waals surface area contributed by atoms with Crippen LogP contribution in [0.15, 0.2) is 24.3 Å². The first kappa shape index (κ1) is 12.8. The fourth-order valence-electron chi connectivity index (χ4n) is 2.77. The van der Waals surface area contributed by atoms with Gasteiger partial charge in [-0.1, -0.05) is 0 Å². The third-order valence-electron chi connectivity index (χ3n) is 3.42. The third kappa shape index (κ3) is 2.62. The topological polar surface area (TPSA) is 30.3 Å². The molecular formula is C14H18FN3. The summed E-state index contributed by atoms with van der Waals surface area (Å²) in [5, 5.41) is 8.94. The monoisotopic (exact) mass is 247 g/mol. The third-order valence-corrected chi connectivity index (χ3v) is 3.42. The van der Waals surface area contributed by atoms with Gasteiger partial charge in [-0.2, -0.15) is 5.26 Å². The Labute approximate surface area is 107 Å². The van der Waals surface area contributed by atoms with Crippen molar-refractivity contribution in [3.05, 3.63) is 30.1 Å². The highest BCUT2D eigenvalue weighted by molar-refractivity contribution is 5.49. The minimum atomic E-state index is -0.225. The number of likely N-dealkylation sites (N-methyl/N-ethyl adjacent to an activating group) is 1. The van der Waals surface area contributed by atoms with Gasteiger partial charge in [-0.15, -0.1) is 0 Å². The van der Waals surface area contributed by atoms with Gasteiger partial charge in [0.15, 0.2) is 0 Å². The molecule has 3 nitrogen and oxygen atoms in total. The summed E-state index contributed by atoms with van der Waals surface area (Å²) in [7, 11) is 2.07. The Balaban J connectivity index is 2.26. The van der Waals surface area contributed by atoms with Gasteiger partial charge in [0, 0.05) is 24.8 Å². The van der Waals surface area contributed by atoms with Gasteiger partial charge in [0.1, 0.15) is 5.82 Å². The summed E-state index contributed by atoms with van der Waals surface area (Å²) in [4.78, 5) is 4.48. The molecule has 18 heavy (non-hydrogen) atoms. The van der Waals surface area contributed by atoms with Crippen molar-refractivity contribution in [2.24, 2.45) is 0 Å². The van der Waals surface area contributed by atoms with E-state index in [0.717, 1.165) is 18.8 Å². The Hall–Kier alpha value is -1.60. The van der Waals surface area contributed by atoms with Crippen LogP contribution in [0.3, 0.4) is 0 Å². The summed E-state index contributed by atoms with van der Waals surface area (Å²) in [5.41, 5.74) is 0.997. The molecule has 96 valence electrons. The highest BCUT2D eigenvalue weighted by Crippen LogP contribution is 2.25. The fourth-order valence-corrected chi connectivity index (χ4v) is 2.77. The summed E-state index contributed by atoms with van der Waals surface area (Å²) in [6.07, 6.45) is 0.492. The number of hydrogen-bond acceptors (Lipinski definition) is 3. The molecule has 2 atom stereocenters. The first-order chi connectivity index (χ1) is 8.61. The zero-order valence-electron chi connectivity index (χ0n) is 10.8. The first-order valence-electron chi connectivity index (χ1n) is 6.21. The summed E-state index contributed by atoms with van der Waals surface area (Å²) >= 11 is 0. The number of rotatable bonds is 2. The maximum Gasteiger partial charge on any atom is 0.123 e. The minimum absolute atomic E-state index is 0.175. The van der Waals surface area contributed by atoms with Crippen LogP contribution in [0, 0.1) is 17.1 Å². The second-order valence-electron chi connectivity index (χ2n) is 4.97. The van der Waals surface area contributed by atoms with E-state index in [1.54, 1.807) is 12.1 Å². The standard InChI is InChI=1S/C14H18FN3/c1-11-9-17(2)10-14(7-8-16)18(11)13-5-3-12(15)4-6-13/h3-6,11,14H,7,9-10H2,1-2H3. The van der Waals surface area contributed by atoms with Crippen molar-refractivity contribution in [3.63, 3.8) is 0 Å². The molecule has 0 radical (unpaired) electrons. The molecule has 0 N–H and O–H groups in total. The van der Waals surface area contributed by atoms with E-state index >= 15 is 0 Å². The van der Waals surface area contributed by atoms with E-state index in [-0.39, 0.29) is 11.9 Å². The average molecular weight is 247 g/mol. The molecule has 1 aliphatic heterocycles. The molecular weight excluding hydrogens is 229 g/mol. The van der Waals surface area contributed by atoms with Crippen LogP contribution in [0.2, 0.25) is 0 Å². The van der Waals surface area contributed by atoms with E-state index in [2.05, 4.69) is 29.8 Å². The van der Waals surface area contributed by atoms with Gasteiger partial charge in [0.05, 0.1) is 18.5 Å². The molecule has 1 fully saturated rings. The van der Waals surface area contributed by atoms with Crippen LogP contribution >= 0.6 is 0 Å². The molecule has 2 rings (SSSR count). The van der Waals surface area contributed by atoms with Crippen molar-refractivity contribution >= 4 is 5.69 Å². The normalized spacial score (nSPS) is 24.9. The van der Waals surface area contributed by atoms with Crippen molar-refractivity contribution in [1.29, 1.82) is 5.26 Å². The molecule has 4 heteroatoms. The molecule has 0 aliphatic carbocycles. The maximum atomic E-state index is 13.0.